The van der Waals surface area contributed by atoms with Gasteiger partial charge in [0.15, 0.2) is 0 Å². The molecule has 0 saturated carbocycles. The van der Waals surface area contributed by atoms with Gasteiger partial charge in [0.25, 0.3) is 0 Å². The standard InChI is InChI=1S/C13H23N3O/c1-10(2)8-16(9-11(3)4)13(17)7-12-5-6-14-15-12/h5-6,10-11H,7-9H2,1-4H3,(H,14,15). The van der Waals surface area contributed by atoms with Gasteiger partial charge in [0.1, 0.15) is 0 Å². The summed E-state index contributed by atoms with van der Waals surface area (Å²) in [6.07, 6.45) is 2.09. The number of carbonyl (C=O) groups is 1. The van der Waals surface area contributed by atoms with Crippen LogP contribution in [0.1, 0.15) is 33.4 Å². The summed E-state index contributed by atoms with van der Waals surface area (Å²) in [5, 5.41) is 6.69. The van der Waals surface area contributed by atoms with Gasteiger partial charge in [-0.3, -0.25) is 9.89 Å². The fourth-order valence-electron chi connectivity index (χ4n) is 1.82. The molecule has 0 radical (unpaired) electrons. The number of hydrogen-bond acceptors (Lipinski definition) is 2. The predicted octanol–water partition coefficient (Wildman–Crippen LogP) is 2.09. The summed E-state index contributed by atoms with van der Waals surface area (Å²) < 4.78 is 0. The second-order valence-electron chi connectivity index (χ2n) is 5.35. The van der Waals surface area contributed by atoms with Crippen molar-refractivity contribution in [2.24, 2.45) is 11.8 Å². The van der Waals surface area contributed by atoms with E-state index in [1.165, 1.54) is 0 Å². The maximum Gasteiger partial charge on any atom is 0.228 e. The third-order valence-electron chi connectivity index (χ3n) is 2.42. The van der Waals surface area contributed by atoms with E-state index >= 15 is 0 Å². The Morgan fingerprint density at radius 2 is 1.88 bits per heavy atom. The second-order valence-corrected chi connectivity index (χ2v) is 5.35. The Morgan fingerprint density at radius 3 is 2.29 bits per heavy atom. The highest BCUT2D eigenvalue weighted by Crippen LogP contribution is 2.07. The molecule has 0 aliphatic rings. The van der Waals surface area contributed by atoms with E-state index in [0.717, 1.165) is 18.8 Å². The molecule has 0 unspecified atom stereocenters. The number of aromatic nitrogens is 2. The molecule has 96 valence electrons. The smallest absolute Gasteiger partial charge is 0.228 e. The molecule has 17 heavy (non-hydrogen) atoms. The molecule has 0 atom stereocenters. The quantitative estimate of drug-likeness (QED) is 0.823. The van der Waals surface area contributed by atoms with Crippen molar-refractivity contribution >= 4 is 5.91 Å². The molecule has 0 spiro atoms. The summed E-state index contributed by atoms with van der Waals surface area (Å²) in [5.41, 5.74) is 0.882. The minimum Gasteiger partial charge on any atom is -0.342 e. The largest absolute Gasteiger partial charge is 0.342 e. The van der Waals surface area contributed by atoms with Crippen molar-refractivity contribution in [3.8, 4) is 0 Å². The minimum atomic E-state index is 0.177. The van der Waals surface area contributed by atoms with E-state index in [-0.39, 0.29) is 5.91 Å². The predicted molar refractivity (Wildman–Crippen MR) is 68.5 cm³/mol. The van der Waals surface area contributed by atoms with E-state index in [1.807, 2.05) is 11.0 Å². The van der Waals surface area contributed by atoms with Crippen molar-refractivity contribution in [3.63, 3.8) is 0 Å². The van der Waals surface area contributed by atoms with E-state index in [0.29, 0.717) is 18.3 Å². The van der Waals surface area contributed by atoms with Crippen LogP contribution in [0.2, 0.25) is 0 Å². The van der Waals surface area contributed by atoms with Crippen molar-refractivity contribution in [3.05, 3.63) is 18.0 Å². The first kappa shape index (κ1) is 13.7. The van der Waals surface area contributed by atoms with E-state index in [2.05, 4.69) is 37.9 Å². The number of carbonyl (C=O) groups excluding carboxylic acids is 1. The molecular weight excluding hydrogens is 214 g/mol. The van der Waals surface area contributed by atoms with Crippen LogP contribution in [0.25, 0.3) is 0 Å². The monoisotopic (exact) mass is 237 g/mol. The zero-order chi connectivity index (χ0) is 12.8. The Hall–Kier alpha value is -1.32. The van der Waals surface area contributed by atoms with Gasteiger partial charge in [-0.2, -0.15) is 5.10 Å². The van der Waals surface area contributed by atoms with Crippen molar-refractivity contribution in [1.82, 2.24) is 15.1 Å². The first-order valence-corrected chi connectivity index (χ1v) is 6.25. The molecule has 0 saturated heterocycles. The van der Waals surface area contributed by atoms with Gasteiger partial charge in [-0.1, -0.05) is 27.7 Å². The van der Waals surface area contributed by atoms with Crippen LogP contribution in [-0.2, 0) is 11.2 Å². The lowest BCUT2D eigenvalue weighted by Gasteiger charge is -2.26. The molecule has 1 aromatic heterocycles. The highest BCUT2D eigenvalue weighted by molar-refractivity contribution is 5.78. The van der Waals surface area contributed by atoms with Gasteiger partial charge >= 0.3 is 0 Å². The summed E-state index contributed by atoms with van der Waals surface area (Å²) >= 11 is 0. The molecule has 4 heteroatoms. The summed E-state index contributed by atoms with van der Waals surface area (Å²) in [4.78, 5) is 14.1. The van der Waals surface area contributed by atoms with Crippen molar-refractivity contribution in [2.45, 2.75) is 34.1 Å². The number of amides is 1. The zero-order valence-corrected chi connectivity index (χ0v) is 11.2. The van der Waals surface area contributed by atoms with Gasteiger partial charge in [-0.05, 0) is 17.9 Å². The first-order valence-electron chi connectivity index (χ1n) is 6.25. The topological polar surface area (TPSA) is 49.0 Å². The highest BCUT2D eigenvalue weighted by atomic mass is 16.2. The molecule has 0 aliphatic heterocycles. The van der Waals surface area contributed by atoms with Gasteiger partial charge in [-0.15, -0.1) is 0 Å². The third kappa shape index (κ3) is 5.02. The molecule has 1 amide bonds. The fourth-order valence-corrected chi connectivity index (χ4v) is 1.82. The fraction of sp³-hybridized carbons (Fsp3) is 0.692. The maximum atomic E-state index is 12.2. The van der Waals surface area contributed by atoms with E-state index in [9.17, 15) is 4.79 Å². The number of nitrogens with one attached hydrogen (secondary N) is 1. The Bertz CT molecular complexity index is 320. The highest BCUT2D eigenvalue weighted by Gasteiger charge is 2.16. The zero-order valence-electron chi connectivity index (χ0n) is 11.2. The van der Waals surface area contributed by atoms with E-state index < -0.39 is 0 Å². The number of hydrogen-bond donors (Lipinski definition) is 1. The van der Waals surface area contributed by atoms with Gasteiger partial charge in [0, 0.05) is 25.0 Å². The molecule has 1 N–H and O–H groups in total. The molecule has 4 nitrogen and oxygen atoms in total. The van der Waals surface area contributed by atoms with Gasteiger partial charge in [-0.25, -0.2) is 0 Å². The molecule has 1 aromatic rings. The van der Waals surface area contributed by atoms with Crippen LogP contribution in [0.4, 0.5) is 0 Å². The molecule has 0 bridgehead atoms. The lowest BCUT2D eigenvalue weighted by Crippen LogP contribution is -2.38. The van der Waals surface area contributed by atoms with Crippen molar-refractivity contribution < 1.29 is 4.79 Å². The number of rotatable bonds is 6. The average molecular weight is 237 g/mol. The van der Waals surface area contributed by atoms with Crippen molar-refractivity contribution in [1.29, 1.82) is 0 Å². The first-order chi connectivity index (χ1) is 7.99. The van der Waals surface area contributed by atoms with Crippen LogP contribution in [0.15, 0.2) is 12.3 Å². The lowest BCUT2D eigenvalue weighted by atomic mass is 10.1. The lowest BCUT2D eigenvalue weighted by molar-refractivity contribution is -0.131. The summed E-state index contributed by atoms with van der Waals surface area (Å²) in [5.74, 6) is 1.18. The van der Waals surface area contributed by atoms with Crippen LogP contribution >= 0.6 is 0 Å². The average Bonchev–Trinajstić information content (AvgIpc) is 2.67. The molecule has 1 rings (SSSR count). The summed E-state index contributed by atoms with van der Waals surface area (Å²) in [6.45, 7) is 10.2. The molecule has 1 heterocycles. The Balaban J connectivity index is 2.58. The Morgan fingerprint density at radius 1 is 1.29 bits per heavy atom. The normalized spacial score (nSPS) is 11.2. The maximum absolute atomic E-state index is 12.2. The molecular formula is C13H23N3O. The van der Waals surface area contributed by atoms with Crippen LogP contribution in [0.5, 0.6) is 0 Å². The van der Waals surface area contributed by atoms with Gasteiger partial charge in [0.2, 0.25) is 5.91 Å². The van der Waals surface area contributed by atoms with Crippen LogP contribution < -0.4 is 0 Å². The van der Waals surface area contributed by atoms with Crippen LogP contribution in [0.3, 0.4) is 0 Å². The number of H-pyrrole nitrogens is 1. The minimum absolute atomic E-state index is 0.177. The van der Waals surface area contributed by atoms with Crippen LogP contribution in [0, 0.1) is 11.8 Å². The Kier molecular flexibility index (Phi) is 5.19. The SMILES string of the molecule is CC(C)CN(CC(C)C)C(=O)Cc1ccn[nH]1. The second kappa shape index (κ2) is 6.42. The summed E-state index contributed by atoms with van der Waals surface area (Å²) in [6, 6.07) is 1.85. The number of nitrogens with zero attached hydrogens (tertiary/aromatic N) is 2. The Labute approximate surface area is 103 Å². The van der Waals surface area contributed by atoms with Gasteiger partial charge in [0.05, 0.1) is 6.42 Å². The molecule has 0 aliphatic carbocycles. The van der Waals surface area contributed by atoms with E-state index in [1.54, 1.807) is 6.20 Å². The summed E-state index contributed by atoms with van der Waals surface area (Å²) in [7, 11) is 0. The third-order valence-corrected chi connectivity index (χ3v) is 2.42. The number of aromatic amines is 1. The molecule has 0 aromatic carbocycles. The van der Waals surface area contributed by atoms with Crippen LogP contribution in [-0.4, -0.2) is 34.1 Å². The molecule has 0 fully saturated rings. The van der Waals surface area contributed by atoms with Crippen molar-refractivity contribution in [2.75, 3.05) is 13.1 Å². The van der Waals surface area contributed by atoms with Gasteiger partial charge < -0.3 is 4.90 Å². The van der Waals surface area contributed by atoms with E-state index in [4.69, 9.17) is 0 Å².